The molecule has 2 amide bonds. The number of benzene rings is 4. The van der Waals surface area contributed by atoms with Crippen LogP contribution in [0.4, 0.5) is 10.1 Å². The Kier molecular flexibility index (Phi) is 11.2. The van der Waals surface area contributed by atoms with E-state index in [1.165, 1.54) is 47.4 Å². The summed E-state index contributed by atoms with van der Waals surface area (Å²) < 4.78 is 44.4. The molecule has 11 heteroatoms. The molecule has 4 aromatic rings. The predicted molar refractivity (Wildman–Crippen MR) is 183 cm³/mol. The number of nitrogens with one attached hydrogen (secondary N) is 1. The SMILES string of the molecule is Cc1ccc(S(=O)(=O)N(CC(=O)N(Cc2ccccc2F)[C@H](Cc2ccccc2)C(=O)NC2CCCC2)c2cc(Cl)cc(Cl)c2)cc1. The average Bonchev–Trinajstić information content (AvgIpc) is 3.55. The van der Waals surface area contributed by atoms with Gasteiger partial charge >= 0.3 is 0 Å². The highest BCUT2D eigenvalue weighted by atomic mass is 35.5. The van der Waals surface area contributed by atoms with Crippen molar-refractivity contribution in [3.63, 3.8) is 0 Å². The molecular formula is C36H36Cl2FN3O4S. The van der Waals surface area contributed by atoms with E-state index in [0.29, 0.717) is 0 Å². The van der Waals surface area contributed by atoms with Gasteiger partial charge in [0.05, 0.1) is 10.6 Å². The first-order valence-electron chi connectivity index (χ1n) is 15.4. The Labute approximate surface area is 285 Å². The van der Waals surface area contributed by atoms with Crippen molar-refractivity contribution in [3.05, 3.63) is 130 Å². The largest absolute Gasteiger partial charge is 0.352 e. The Balaban J connectivity index is 1.59. The first kappa shape index (κ1) is 34.4. The molecule has 1 atom stereocenters. The fourth-order valence-electron chi connectivity index (χ4n) is 5.78. The molecule has 0 radical (unpaired) electrons. The number of hydrogen-bond donors (Lipinski definition) is 1. The molecule has 47 heavy (non-hydrogen) atoms. The first-order chi connectivity index (χ1) is 22.5. The van der Waals surface area contributed by atoms with E-state index in [9.17, 15) is 18.0 Å². The van der Waals surface area contributed by atoms with E-state index < -0.39 is 34.3 Å². The maximum Gasteiger partial charge on any atom is 0.264 e. The van der Waals surface area contributed by atoms with Gasteiger partial charge in [-0.3, -0.25) is 13.9 Å². The summed E-state index contributed by atoms with van der Waals surface area (Å²) in [5, 5.41) is 3.45. The summed E-state index contributed by atoms with van der Waals surface area (Å²) in [5.74, 6) is -1.64. The van der Waals surface area contributed by atoms with Gasteiger partial charge in [0.25, 0.3) is 10.0 Å². The van der Waals surface area contributed by atoms with Gasteiger partial charge in [0.1, 0.15) is 18.4 Å². The maximum atomic E-state index is 15.1. The van der Waals surface area contributed by atoms with Gasteiger partial charge < -0.3 is 10.2 Å². The highest BCUT2D eigenvalue weighted by Crippen LogP contribution is 2.31. The van der Waals surface area contributed by atoms with Gasteiger partial charge in [-0.15, -0.1) is 0 Å². The molecule has 0 saturated heterocycles. The average molecular weight is 697 g/mol. The van der Waals surface area contributed by atoms with Gasteiger partial charge in [-0.2, -0.15) is 0 Å². The van der Waals surface area contributed by atoms with Gasteiger partial charge in [-0.1, -0.05) is 102 Å². The lowest BCUT2D eigenvalue weighted by Crippen LogP contribution is -2.54. The topological polar surface area (TPSA) is 86.8 Å². The number of amides is 2. The second-order valence-electron chi connectivity index (χ2n) is 11.8. The summed E-state index contributed by atoms with van der Waals surface area (Å²) in [6.07, 6.45) is 3.75. The van der Waals surface area contributed by atoms with Crippen LogP contribution in [0.15, 0.2) is 102 Å². The molecule has 0 aromatic heterocycles. The Hall–Kier alpha value is -3.92. The second kappa shape index (κ2) is 15.3. The molecule has 1 fully saturated rings. The maximum absolute atomic E-state index is 15.1. The molecule has 7 nitrogen and oxygen atoms in total. The van der Waals surface area contributed by atoms with Crippen LogP contribution < -0.4 is 9.62 Å². The molecule has 1 aliphatic rings. The van der Waals surface area contributed by atoms with Crippen molar-refractivity contribution in [2.45, 2.75) is 62.6 Å². The molecule has 1 saturated carbocycles. The summed E-state index contributed by atoms with van der Waals surface area (Å²) in [6, 6.07) is 24.6. The number of carbonyl (C=O) groups excluding carboxylic acids is 2. The number of hydrogen-bond acceptors (Lipinski definition) is 4. The molecule has 0 unspecified atom stereocenters. The predicted octanol–water partition coefficient (Wildman–Crippen LogP) is 7.34. The van der Waals surface area contributed by atoms with Gasteiger partial charge in [-0.05, 0) is 61.7 Å². The van der Waals surface area contributed by atoms with Crippen molar-refractivity contribution < 1.29 is 22.4 Å². The van der Waals surface area contributed by atoms with Gasteiger partial charge in [0, 0.05) is 34.6 Å². The van der Waals surface area contributed by atoms with Crippen LogP contribution in [0.2, 0.25) is 10.0 Å². The van der Waals surface area contributed by atoms with E-state index in [0.717, 1.165) is 41.1 Å². The third-order valence-electron chi connectivity index (χ3n) is 8.29. The number of nitrogens with zero attached hydrogens (tertiary/aromatic N) is 2. The Morgan fingerprint density at radius 2 is 1.51 bits per heavy atom. The fourth-order valence-corrected chi connectivity index (χ4v) is 7.69. The van der Waals surface area contributed by atoms with Crippen molar-refractivity contribution in [2.75, 3.05) is 10.8 Å². The van der Waals surface area contributed by atoms with Crippen molar-refractivity contribution in [1.29, 1.82) is 0 Å². The quantitative estimate of drug-likeness (QED) is 0.168. The Bertz CT molecular complexity index is 1800. The van der Waals surface area contributed by atoms with Gasteiger partial charge in [-0.25, -0.2) is 12.8 Å². The smallest absolute Gasteiger partial charge is 0.264 e. The van der Waals surface area contributed by atoms with Crippen LogP contribution in [-0.4, -0.2) is 43.8 Å². The van der Waals surface area contributed by atoms with Crippen LogP contribution in [-0.2, 0) is 32.6 Å². The highest BCUT2D eigenvalue weighted by Gasteiger charge is 2.36. The number of sulfonamides is 1. The monoisotopic (exact) mass is 695 g/mol. The third-order valence-corrected chi connectivity index (χ3v) is 10.5. The normalized spacial score (nSPS) is 14.0. The van der Waals surface area contributed by atoms with E-state index in [2.05, 4.69) is 5.32 Å². The minimum absolute atomic E-state index is 0.0433. The van der Waals surface area contributed by atoms with Crippen LogP contribution in [0, 0.1) is 12.7 Å². The second-order valence-corrected chi connectivity index (χ2v) is 14.5. The molecule has 1 aliphatic carbocycles. The number of rotatable bonds is 12. The van der Waals surface area contributed by atoms with E-state index >= 15 is 4.39 Å². The first-order valence-corrected chi connectivity index (χ1v) is 17.6. The summed E-state index contributed by atoms with van der Waals surface area (Å²) in [6.45, 7) is 0.859. The standard InChI is InChI=1S/C36H36Cl2FN3O4S/c1-25-15-17-32(18-16-25)47(45,46)42(31-21-28(37)20-29(38)22-31)24-35(43)41(23-27-11-5-8-14-33(27)39)34(19-26-9-3-2-4-10-26)36(44)40-30-12-6-7-13-30/h2-5,8-11,14-18,20-22,30,34H,6-7,12-13,19,23-24H2,1H3,(H,40,44)/t34-/m1/s1. The zero-order valence-electron chi connectivity index (χ0n) is 25.9. The van der Waals surface area contributed by atoms with Crippen LogP contribution in [0.3, 0.4) is 0 Å². The number of aryl methyl sites for hydroxylation is 1. The van der Waals surface area contributed by atoms with Crippen molar-refractivity contribution in [3.8, 4) is 0 Å². The van der Waals surface area contributed by atoms with Crippen molar-refractivity contribution in [1.82, 2.24) is 10.2 Å². The summed E-state index contributed by atoms with van der Waals surface area (Å²) >= 11 is 12.6. The molecule has 0 heterocycles. The summed E-state index contributed by atoms with van der Waals surface area (Å²) in [5.41, 5.74) is 1.89. The van der Waals surface area contributed by atoms with Crippen molar-refractivity contribution in [2.24, 2.45) is 0 Å². The van der Waals surface area contributed by atoms with Gasteiger partial charge in [0.15, 0.2) is 0 Å². The molecule has 0 spiro atoms. The van der Waals surface area contributed by atoms with Crippen LogP contribution >= 0.6 is 23.2 Å². The van der Waals surface area contributed by atoms with Crippen LogP contribution in [0.5, 0.6) is 0 Å². The minimum atomic E-state index is -4.34. The molecule has 0 bridgehead atoms. The fraction of sp³-hybridized carbons (Fsp3) is 0.278. The summed E-state index contributed by atoms with van der Waals surface area (Å²) in [7, 11) is -4.34. The molecule has 4 aromatic carbocycles. The lowest BCUT2D eigenvalue weighted by Gasteiger charge is -2.34. The molecule has 5 rings (SSSR count). The lowest BCUT2D eigenvalue weighted by atomic mass is 10.0. The van der Waals surface area contributed by atoms with Crippen LogP contribution in [0.25, 0.3) is 0 Å². The van der Waals surface area contributed by atoms with Crippen LogP contribution in [0.1, 0.15) is 42.4 Å². The van der Waals surface area contributed by atoms with E-state index in [1.54, 1.807) is 24.3 Å². The molecule has 246 valence electrons. The van der Waals surface area contributed by atoms with Gasteiger partial charge in [0.2, 0.25) is 11.8 Å². The molecular weight excluding hydrogens is 660 g/mol. The molecule has 0 aliphatic heterocycles. The third kappa shape index (κ3) is 8.71. The summed E-state index contributed by atoms with van der Waals surface area (Å²) in [4.78, 5) is 29.9. The van der Waals surface area contributed by atoms with Crippen molar-refractivity contribution >= 4 is 50.7 Å². The minimum Gasteiger partial charge on any atom is -0.352 e. The lowest BCUT2D eigenvalue weighted by molar-refractivity contribution is -0.140. The zero-order valence-corrected chi connectivity index (χ0v) is 28.2. The van der Waals surface area contributed by atoms with E-state index in [4.69, 9.17) is 23.2 Å². The number of anilines is 1. The zero-order chi connectivity index (χ0) is 33.6. The Morgan fingerprint density at radius 3 is 2.15 bits per heavy atom. The Morgan fingerprint density at radius 1 is 0.894 bits per heavy atom. The van der Waals surface area contributed by atoms with E-state index in [-0.39, 0.29) is 51.1 Å². The van der Waals surface area contributed by atoms with E-state index in [1.807, 2.05) is 37.3 Å². The number of halogens is 3. The number of carbonyl (C=O) groups is 2. The molecule has 1 N–H and O–H groups in total. The highest BCUT2D eigenvalue weighted by molar-refractivity contribution is 7.92.